The minimum atomic E-state index is 0.599. The van der Waals surface area contributed by atoms with Gasteiger partial charge in [0.2, 0.25) is 0 Å². The number of rotatable bonds is 4. The quantitative estimate of drug-likeness (QED) is 0.778. The second-order valence-electron chi connectivity index (χ2n) is 4.08. The van der Waals surface area contributed by atoms with Crippen LogP contribution in [0.5, 0.6) is 0 Å². The Labute approximate surface area is 104 Å². The lowest BCUT2D eigenvalue weighted by molar-refractivity contribution is 0.669. The zero-order valence-corrected chi connectivity index (χ0v) is 10.5. The van der Waals surface area contributed by atoms with E-state index in [1.54, 1.807) is 24.2 Å². The van der Waals surface area contributed by atoms with Gasteiger partial charge in [-0.05, 0) is 30.7 Å². The van der Waals surface area contributed by atoms with E-state index in [-0.39, 0.29) is 0 Å². The van der Waals surface area contributed by atoms with Gasteiger partial charge in [0.15, 0.2) is 11.0 Å². The molecule has 4 nitrogen and oxygen atoms in total. The van der Waals surface area contributed by atoms with Crippen molar-refractivity contribution in [2.24, 2.45) is 0 Å². The van der Waals surface area contributed by atoms with E-state index in [2.05, 4.69) is 26.7 Å². The van der Waals surface area contributed by atoms with E-state index in [1.807, 2.05) is 12.1 Å². The number of aromatic nitrogens is 4. The first-order chi connectivity index (χ1) is 8.40. The second-order valence-corrected chi connectivity index (χ2v) is 5.31. The van der Waals surface area contributed by atoms with Crippen molar-refractivity contribution in [2.45, 2.75) is 31.0 Å². The van der Waals surface area contributed by atoms with Crippen LogP contribution in [0.1, 0.15) is 25.8 Å². The van der Waals surface area contributed by atoms with Gasteiger partial charge < -0.3 is 0 Å². The Hall–Kier alpha value is -1.36. The van der Waals surface area contributed by atoms with Gasteiger partial charge in [0.25, 0.3) is 0 Å². The average Bonchev–Trinajstić information content (AvgIpc) is 3.12. The lowest BCUT2D eigenvalue weighted by Gasteiger charge is -2.07. The summed E-state index contributed by atoms with van der Waals surface area (Å²) in [6.07, 6.45) is 6.09. The fourth-order valence-corrected chi connectivity index (χ4v) is 2.60. The first kappa shape index (κ1) is 10.8. The van der Waals surface area contributed by atoms with Crippen molar-refractivity contribution in [2.75, 3.05) is 5.75 Å². The van der Waals surface area contributed by atoms with Crippen molar-refractivity contribution < 1.29 is 0 Å². The van der Waals surface area contributed by atoms with Gasteiger partial charge in [-0.15, -0.1) is 10.2 Å². The molecule has 3 rings (SSSR count). The molecule has 1 aliphatic carbocycles. The zero-order valence-electron chi connectivity index (χ0n) is 9.71. The zero-order chi connectivity index (χ0) is 11.7. The van der Waals surface area contributed by atoms with Crippen LogP contribution >= 0.6 is 11.8 Å². The molecule has 0 aliphatic heterocycles. The van der Waals surface area contributed by atoms with E-state index in [0.717, 1.165) is 22.3 Å². The topological polar surface area (TPSA) is 43.6 Å². The van der Waals surface area contributed by atoms with E-state index < -0.39 is 0 Å². The van der Waals surface area contributed by atoms with Crippen LogP contribution in [0.25, 0.3) is 11.4 Å². The van der Waals surface area contributed by atoms with E-state index in [9.17, 15) is 0 Å². The predicted octanol–water partition coefficient (Wildman–Crippen LogP) is 2.79. The highest BCUT2D eigenvalue weighted by Crippen LogP contribution is 2.40. The molecule has 0 saturated heterocycles. The fourth-order valence-electron chi connectivity index (χ4n) is 1.86. The lowest BCUT2D eigenvalue weighted by atomic mass is 10.2. The highest BCUT2D eigenvalue weighted by Gasteiger charge is 2.29. The van der Waals surface area contributed by atoms with Crippen LogP contribution < -0.4 is 0 Å². The Morgan fingerprint density at radius 1 is 1.29 bits per heavy atom. The normalized spacial score (nSPS) is 15.1. The number of hydrogen-bond donors (Lipinski definition) is 0. The van der Waals surface area contributed by atoms with Gasteiger partial charge in [0, 0.05) is 24.0 Å². The Balaban J connectivity index is 2.04. The molecule has 0 spiro atoms. The molecule has 88 valence electrons. The third kappa shape index (κ3) is 2.07. The van der Waals surface area contributed by atoms with E-state index in [4.69, 9.17) is 0 Å². The molecule has 5 heteroatoms. The first-order valence-corrected chi connectivity index (χ1v) is 6.87. The van der Waals surface area contributed by atoms with Crippen LogP contribution in [0.2, 0.25) is 0 Å². The maximum atomic E-state index is 4.33. The summed E-state index contributed by atoms with van der Waals surface area (Å²) in [5.41, 5.74) is 1.10. The van der Waals surface area contributed by atoms with Gasteiger partial charge >= 0.3 is 0 Å². The summed E-state index contributed by atoms with van der Waals surface area (Å²) in [4.78, 5) is 4.04. The Morgan fingerprint density at radius 2 is 2.06 bits per heavy atom. The predicted molar refractivity (Wildman–Crippen MR) is 67.9 cm³/mol. The highest BCUT2D eigenvalue weighted by molar-refractivity contribution is 7.99. The number of pyridine rings is 1. The molecule has 0 bridgehead atoms. The van der Waals surface area contributed by atoms with Crippen molar-refractivity contribution in [3.05, 3.63) is 24.5 Å². The summed E-state index contributed by atoms with van der Waals surface area (Å²) in [5, 5.41) is 9.67. The van der Waals surface area contributed by atoms with Crippen molar-refractivity contribution in [1.82, 2.24) is 19.7 Å². The third-order valence-electron chi connectivity index (χ3n) is 2.79. The Bertz CT molecular complexity index is 504. The molecule has 2 heterocycles. The molecule has 1 aliphatic rings. The summed E-state index contributed by atoms with van der Waals surface area (Å²) < 4.78 is 2.28. The molecule has 0 aromatic carbocycles. The highest BCUT2D eigenvalue weighted by atomic mass is 32.2. The summed E-state index contributed by atoms with van der Waals surface area (Å²) in [6.45, 7) is 2.14. The maximum absolute atomic E-state index is 4.33. The molecule has 1 saturated carbocycles. The number of thioether (sulfide) groups is 1. The van der Waals surface area contributed by atoms with Gasteiger partial charge in [-0.2, -0.15) is 0 Å². The minimum absolute atomic E-state index is 0.599. The first-order valence-electron chi connectivity index (χ1n) is 5.88. The monoisotopic (exact) mass is 246 g/mol. The molecule has 1 fully saturated rings. The molecular weight excluding hydrogens is 232 g/mol. The molecule has 0 atom stereocenters. The maximum Gasteiger partial charge on any atom is 0.191 e. The number of nitrogens with zero attached hydrogens (tertiary/aromatic N) is 4. The van der Waals surface area contributed by atoms with Crippen molar-refractivity contribution in [3.63, 3.8) is 0 Å². The van der Waals surface area contributed by atoms with E-state index in [0.29, 0.717) is 6.04 Å². The fraction of sp³-hybridized carbons (Fsp3) is 0.417. The largest absolute Gasteiger partial charge is 0.299 e. The second kappa shape index (κ2) is 4.49. The molecule has 0 amide bonds. The standard InChI is InChI=1S/C12H14N4S/c1-2-17-12-15-14-11(16(12)10-3-4-10)9-5-7-13-8-6-9/h5-8,10H,2-4H2,1H3. The Morgan fingerprint density at radius 3 is 2.71 bits per heavy atom. The van der Waals surface area contributed by atoms with Gasteiger partial charge in [-0.3, -0.25) is 9.55 Å². The van der Waals surface area contributed by atoms with Gasteiger partial charge in [-0.25, -0.2) is 0 Å². The van der Waals surface area contributed by atoms with Gasteiger partial charge in [0.1, 0.15) is 0 Å². The van der Waals surface area contributed by atoms with Gasteiger partial charge in [0.05, 0.1) is 0 Å². The van der Waals surface area contributed by atoms with Crippen molar-refractivity contribution in [3.8, 4) is 11.4 Å². The van der Waals surface area contributed by atoms with Crippen LogP contribution in [0.15, 0.2) is 29.7 Å². The summed E-state index contributed by atoms with van der Waals surface area (Å²) in [7, 11) is 0. The van der Waals surface area contributed by atoms with Crippen LogP contribution in [-0.2, 0) is 0 Å². The van der Waals surface area contributed by atoms with Gasteiger partial charge in [-0.1, -0.05) is 18.7 Å². The minimum Gasteiger partial charge on any atom is -0.299 e. The summed E-state index contributed by atoms with van der Waals surface area (Å²) in [5.74, 6) is 2.01. The summed E-state index contributed by atoms with van der Waals surface area (Å²) >= 11 is 1.76. The molecular formula is C12H14N4S. The molecule has 2 aromatic heterocycles. The number of hydrogen-bond acceptors (Lipinski definition) is 4. The third-order valence-corrected chi connectivity index (χ3v) is 3.61. The van der Waals surface area contributed by atoms with Crippen LogP contribution in [-0.4, -0.2) is 25.5 Å². The van der Waals surface area contributed by atoms with Crippen LogP contribution in [0, 0.1) is 0 Å². The van der Waals surface area contributed by atoms with E-state index >= 15 is 0 Å². The van der Waals surface area contributed by atoms with Crippen LogP contribution in [0.3, 0.4) is 0 Å². The molecule has 17 heavy (non-hydrogen) atoms. The summed E-state index contributed by atoms with van der Waals surface area (Å²) in [6, 6.07) is 4.58. The molecule has 0 N–H and O–H groups in total. The average molecular weight is 246 g/mol. The SMILES string of the molecule is CCSc1nnc(-c2ccncc2)n1C1CC1. The van der Waals surface area contributed by atoms with E-state index in [1.165, 1.54) is 12.8 Å². The van der Waals surface area contributed by atoms with Crippen molar-refractivity contribution >= 4 is 11.8 Å². The smallest absolute Gasteiger partial charge is 0.191 e. The van der Waals surface area contributed by atoms with Crippen molar-refractivity contribution in [1.29, 1.82) is 0 Å². The molecule has 2 aromatic rings. The molecule has 0 unspecified atom stereocenters. The lowest BCUT2D eigenvalue weighted by Crippen LogP contribution is -1.99. The van der Waals surface area contributed by atoms with Crippen LogP contribution in [0.4, 0.5) is 0 Å². The molecule has 0 radical (unpaired) electrons. The Kier molecular flexibility index (Phi) is 2.84.